The standard InChI is InChI=1S/C42H68SSi.2CH3.2ClH.Zr/c1-24-19-33-34(39(24)44(10,11)40-26(3)25(2)36-32-16-12-13-18-35(32)43-38(36)40)22-27-15-14-17-31(27)37(33)28-20-29(41(4,5)6)23-30(21-28)42(7,8)9;;;;;/h20-21,23-27,31-40H,12-19,22H2,1-11H3;2*1H3;2*1H;/q;2*-1;;;+4/p-2. The summed E-state index contributed by atoms with van der Waals surface area (Å²) in [5, 5.41) is 1.98. The summed E-state index contributed by atoms with van der Waals surface area (Å²) >= 11 is 1.73. The first-order valence-corrected chi connectivity index (χ1v) is 30.2. The fraction of sp³-hybridized carbons (Fsp3) is 0.818. The van der Waals surface area contributed by atoms with Gasteiger partial charge in [-0.25, -0.2) is 0 Å². The molecule has 5 saturated carbocycles. The fourth-order valence-corrected chi connectivity index (χ4v) is 23.6. The van der Waals surface area contributed by atoms with Crippen molar-refractivity contribution in [3.63, 3.8) is 0 Å². The van der Waals surface area contributed by atoms with Crippen LogP contribution in [0.4, 0.5) is 0 Å². The third-order valence-corrected chi connectivity index (χ3v) is 23.0. The van der Waals surface area contributed by atoms with Crippen LogP contribution in [-0.4, -0.2) is 18.6 Å². The van der Waals surface area contributed by atoms with E-state index in [2.05, 4.69) is 105 Å². The minimum absolute atomic E-state index is 0. The molecular weight excluding hydrogens is 751 g/mol. The Morgan fingerprint density at radius 2 is 1.27 bits per heavy atom. The van der Waals surface area contributed by atoms with E-state index in [0.29, 0.717) is 0 Å². The molecule has 0 nitrogen and oxygen atoms in total. The summed E-state index contributed by atoms with van der Waals surface area (Å²) in [6, 6.07) is 8.02. The maximum atomic E-state index is 4.93. The van der Waals surface area contributed by atoms with Gasteiger partial charge < -0.3 is 14.9 Å². The van der Waals surface area contributed by atoms with E-state index in [1.54, 1.807) is 29.5 Å². The topological polar surface area (TPSA) is 0 Å². The maximum absolute atomic E-state index is 4.93. The van der Waals surface area contributed by atoms with Gasteiger partial charge in [-0.2, -0.15) is 11.8 Å². The molecule has 278 valence electrons. The van der Waals surface area contributed by atoms with Gasteiger partial charge in [0.05, 0.1) is 8.07 Å². The molecule has 1 aliphatic heterocycles. The average molecular weight is 825 g/mol. The van der Waals surface area contributed by atoms with Crippen LogP contribution < -0.4 is 0 Å². The van der Waals surface area contributed by atoms with Crippen LogP contribution in [0.25, 0.3) is 0 Å². The molecule has 7 rings (SSSR count). The number of hydrogen-bond donors (Lipinski definition) is 0. The van der Waals surface area contributed by atoms with Gasteiger partial charge in [-0.1, -0.05) is 119 Å². The number of hydrogen-bond acceptors (Lipinski definition) is 1. The number of halogens is 2. The molecule has 0 spiro atoms. The average Bonchev–Trinajstić information content (AvgIpc) is 3.73. The quantitative estimate of drug-likeness (QED) is 0.216. The molecule has 0 amide bonds. The van der Waals surface area contributed by atoms with Crippen LogP contribution in [0.3, 0.4) is 0 Å². The Morgan fingerprint density at radius 1 is 0.694 bits per heavy atom. The van der Waals surface area contributed by atoms with Crippen LogP contribution in [0, 0.1) is 68.1 Å². The molecule has 0 bridgehead atoms. The second kappa shape index (κ2) is 16.2. The van der Waals surface area contributed by atoms with Crippen molar-refractivity contribution in [1.29, 1.82) is 0 Å². The van der Waals surface area contributed by atoms with Crippen LogP contribution in [-0.2, 0) is 31.7 Å². The van der Waals surface area contributed by atoms with Crippen molar-refractivity contribution in [2.24, 2.45) is 53.3 Å². The predicted octanol–water partition coefficient (Wildman–Crippen LogP) is 14.8. The van der Waals surface area contributed by atoms with Crippen LogP contribution in [0.2, 0.25) is 24.2 Å². The first-order chi connectivity index (χ1) is 22.0. The molecule has 6 aliphatic rings. The molecule has 1 aromatic carbocycles. The second-order valence-corrected chi connectivity index (χ2v) is 30.5. The SMILES string of the molecule is CC1CC2C(CC3CCCC3C2c2cc(C(C)(C)C)cc(C(C)(C)C)c2)C1[Si](C)(C)C1C(C)C(C)C2C3CCCCC3SC21.[CH3-].[CH3-].[Cl][Zr+2][Cl]. The third kappa shape index (κ3) is 7.86. The summed E-state index contributed by atoms with van der Waals surface area (Å²) in [5.74, 6) is 9.45. The zero-order valence-electron chi connectivity index (χ0n) is 33.8. The van der Waals surface area contributed by atoms with Crippen LogP contribution in [0.5, 0.6) is 0 Å². The first-order valence-electron chi connectivity index (χ1n) is 19.8. The molecule has 0 radical (unpaired) electrons. The molecule has 1 heterocycles. The Bertz CT molecular complexity index is 1220. The van der Waals surface area contributed by atoms with Gasteiger partial charge in [0.15, 0.2) is 0 Å². The van der Waals surface area contributed by atoms with Crippen molar-refractivity contribution >= 4 is 36.9 Å². The molecule has 0 N–H and O–H groups in total. The Labute approximate surface area is 329 Å². The van der Waals surface area contributed by atoms with Crippen molar-refractivity contribution in [2.45, 2.75) is 172 Å². The van der Waals surface area contributed by atoms with Crippen molar-refractivity contribution < 1.29 is 20.8 Å². The summed E-state index contributed by atoms with van der Waals surface area (Å²) in [5.41, 5.74) is 7.34. The van der Waals surface area contributed by atoms with E-state index in [0.717, 1.165) is 80.8 Å². The van der Waals surface area contributed by atoms with Crippen molar-refractivity contribution in [3.05, 3.63) is 49.7 Å². The van der Waals surface area contributed by atoms with Gasteiger partial charge in [0.1, 0.15) is 0 Å². The van der Waals surface area contributed by atoms with E-state index in [9.17, 15) is 0 Å². The molecule has 1 aromatic rings. The molecule has 5 aliphatic carbocycles. The van der Waals surface area contributed by atoms with Gasteiger partial charge in [0.25, 0.3) is 0 Å². The van der Waals surface area contributed by atoms with E-state index >= 15 is 0 Å². The molecule has 14 unspecified atom stereocenters. The second-order valence-electron chi connectivity index (χ2n) is 20.3. The molecule has 6 fully saturated rings. The normalized spacial score (nSPS) is 41.2. The van der Waals surface area contributed by atoms with Crippen molar-refractivity contribution in [1.82, 2.24) is 0 Å². The van der Waals surface area contributed by atoms with E-state index in [1.807, 2.05) is 0 Å². The Balaban J connectivity index is 0.00000104. The van der Waals surface area contributed by atoms with Gasteiger partial charge in [-0.15, -0.1) is 0 Å². The summed E-state index contributed by atoms with van der Waals surface area (Å²) < 4.78 is 0. The number of rotatable bonds is 3. The van der Waals surface area contributed by atoms with Gasteiger partial charge in [0, 0.05) is 10.5 Å². The zero-order chi connectivity index (χ0) is 34.2. The van der Waals surface area contributed by atoms with E-state index < -0.39 is 28.9 Å². The van der Waals surface area contributed by atoms with Crippen LogP contribution in [0.15, 0.2) is 18.2 Å². The number of fused-ring (bicyclic) bond motifs is 5. The Hall–Kier alpha value is 1.25. The number of benzene rings is 1. The predicted molar refractivity (Wildman–Crippen MR) is 221 cm³/mol. The monoisotopic (exact) mass is 822 g/mol. The van der Waals surface area contributed by atoms with Gasteiger partial charge >= 0.3 is 37.9 Å². The molecule has 5 heteroatoms. The van der Waals surface area contributed by atoms with Crippen molar-refractivity contribution in [3.8, 4) is 0 Å². The summed E-state index contributed by atoms with van der Waals surface area (Å²) in [7, 11) is 8.33. The van der Waals surface area contributed by atoms with Crippen LogP contribution in [0.1, 0.15) is 143 Å². The summed E-state index contributed by atoms with van der Waals surface area (Å²) in [4.78, 5) is 0. The Morgan fingerprint density at radius 3 is 1.86 bits per heavy atom. The van der Waals surface area contributed by atoms with Gasteiger partial charge in [-0.05, 0) is 130 Å². The zero-order valence-corrected chi connectivity index (χ0v) is 39.6. The van der Waals surface area contributed by atoms with Gasteiger partial charge in [0.2, 0.25) is 0 Å². The number of thioether (sulfide) groups is 1. The molecular formula is C44H74Cl2SSiZr. The van der Waals surface area contributed by atoms with E-state index in [4.69, 9.17) is 17.0 Å². The van der Waals surface area contributed by atoms with Crippen molar-refractivity contribution in [2.75, 3.05) is 0 Å². The fourth-order valence-electron chi connectivity index (χ4n) is 13.7. The van der Waals surface area contributed by atoms with Crippen LogP contribution >= 0.6 is 28.8 Å². The third-order valence-electron chi connectivity index (χ3n) is 15.6. The molecule has 14 atom stereocenters. The molecule has 0 aromatic heterocycles. The molecule has 49 heavy (non-hydrogen) atoms. The summed E-state index contributed by atoms with van der Waals surface area (Å²) in [6.45, 7) is 28.7. The molecule has 1 saturated heterocycles. The van der Waals surface area contributed by atoms with E-state index in [1.165, 1.54) is 44.9 Å². The van der Waals surface area contributed by atoms with E-state index in [-0.39, 0.29) is 25.7 Å². The first kappa shape index (κ1) is 43.0. The summed E-state index contributed by atoms with van der Waals surface area (Å²) in [6.07, 6.45) is 13.7. The van der Waals surface area contributed by atoms with Gasteiger partial charge in [-0.3, -0.25) is 0 Å². The minimum atomic E-state index is -1.54. The Kier molecular flexibility index (Phi) is 14.2.